The number of unbranched alkanes of at least 4 members (excludes halogenated alkanes) is 1. The summed E-state index contributed by atoms with van der Waals surface area (Å²) in [5, 5.41) is 0. The van der Waals surface area contributed by atoms with Gasteiger partial charge >= 0.3 is 0 Å². The van der Waals surface area contributed by atoms with E-state index in [4.69, 9.17) is 15.3 Å². The molecular weight excluding hydrogens is 220 g/mol. The molecule has 0 aliphatic rings. The summed E-state index contributed by atoms with van der Waals surface area (Å²) in [6.07, 6.45) is 2.21. The second-order valence-electron chi connectivity index (χ2n) is 3.63. The number of nitrogen functional groups attached to an aromatic ring is 1. The molecule has 3 N–H and O–H groups in total. The van der Waals surface area contributed by atoms with Crippen LogP contribution in [-0.2, 0) is 4.74 Å². The maximum Gasteiger partial charge on any atom is 0.240 e. The van der Waals surface area contributed by atoms with Crippen LogP contribution in [0.15, 0.2) is 6.07 Å². The van der Waals surface area contributed by atoms with Crippen molar-refractivity contribution in [3.05, 3.63) is 11.8 Å². The number of hydrazine groups is 1. The first-order valence-corrected chi connectivity index (χ1v) is 5.79. The first-order chi connectivity index (χ1) is 8.26. The second kappa shape index (κ2) is 7.81. The number of nitrogens with one attached hydrogen (secondary N) is 1. The Balaban J connectivity index is 2.28. The van der Waals surface area contributed by atoms with E-state index >= 15 is 0 Å². The Hall–Kier alpha value is -1.40. The van der Waals surface area contributed by atoms with E-state index in [1.165, 1.54) is 0 Å². The van der Waals surface area contributed by atoms with Gasteiger partial charge in [0.2, 0.25) is 11.8 Å². The standard InChI is InChI=1S/C11H20N4O2/c1-3-4-5-16-6-7-17-10-8-9(2)13-11(14-10)15-12/h8H,3-7,12H2,1-2H3,(H,13,14,15). The molecule has 17 heavy (non-hydrogen) atoms. The first-order valence-electron chi connectivity index (χ1n) is 5.79. The number of aromatic nitrogens is 2. The predicted octanol–water partition coefficient (Wildman–Crippen LogP) is 1.27. The molecule has 0 aromatic carbocycles. The zero-order valence-corrected chi connectivity index (χ0v) is 10.4. The van der Waals surface area contributed by atoms with Crippen LogP contribution in [-0.4, -0.2) is 29.8 Å². The zero-order valence-electron chi connectivity index (χ0n) is 10.4. The normalized spacial score (nSPS) is 10.3. The monoisotopic (exact) mass is 240 g/mol. The fraction of sp³-hybridized carbons (Fsp3) is 0.636. The fourth-order valence-corrected chi connectivity index (χ4v) is 1.23. The van der Waals surface area contributed by atoms with E-state index in [-0.39, 0.29) is 0 Å². The van der Waals surface area contributed by atoms with E-state index in [9.17, 15) is 0 Å². The largest absolute Gasteiger partial charge is 0.475 e. The van der Waals surface area contributed by atoms with Crippen molar-refractivity contribution in [2.75, 3.05) is 25.2 Å². The number of nitrogens with zero attached hydrogens (tertiary/aromatic N) is 2. The molecule has 1 aromatic rings. The van der Waals surface area contributed by atoms with Gasteiger partial charge in [0.15, 0.2) is 0 Å². The molecule has 0 amide bonds. The number of nitrogens with two attached hydrogens (primary N) is 1. The van der Waals surface area contributed by atoms with Crippen LogP contribution in [0, 0.1) is 6.92 Å². The molecule has 0 spiro atoms. The predicted molar refractivity (Wildman–Crippen MR) is 65.8 cm³/mol. The van der Waals surface area contributed by atoms with Crippen LogP contribution in [0.1, 0.15) is 25.5 Å². The Kier molecular flexibility index (Phi) is 6.27. The van der Waals surface area contributed by atoms with Crippen LogP contribution < -0.4 is 16.0 Å². The lowest BCUT2D eigenvalue weighted by molar-refractivity contribution is 0.0965. The van der Waals surface area contributed by atoms with Crippen molar-refractivity contribution >= 4 is 5.95 Å². The van der Waals surface area contributed by atoms with E-state index in [1.54, 1.807) is 6.07 Å². The van der Waals surface area contributed by atoms with Gasteiger partial charge in [0.05, 0.1) is 6.61 Å². The minimum atomic E-state index is 0.354. The summed E-state index contributed by atoms with van der Waals surface area (Å²) in [5.74, 6) is 6.10. The van der Waals surface area contributed by atoms with Crippen molar-refractivity contribution in [3.8, 4) is 5.88 Å². The summed E-state index contributed by atoms with van der Waals surface area (Å²) in [5.41, 5.74) is 3.19. The van der Waals surface area contributed by atoms with Crippen molar-refractivity contribution in [1.29, 1.82) is 0 Å². The molecule has 1 rings (SSSR count). The summed E-state index contributed by atoms with van der Waals surface area (Å²) in [6, 6.07) is 1.76. The third-order valence-corrected chi connectivity index (χ3v) is 2.08. The fourth-order valence-electron chi connectivity index (χ4n) is 1.23. The topological polar surface area (TPSA) is 82.3 Å². The third kappa shape index (κ3) is 5.46. The van der Waals surface area contributed by atoms with Gasteiger partial charge in [-0.2, -0.15) is 4.98 Å². The van der Waals surface area contributed by atoms with Crippen molar-refractivity contribution in [2.24, 2.45) is 5.84 Å². The van der Waals surface area contributed by atoms with E-state index in [1.807, 2.05) is 6.92 Å². The highest BCUT2D eigenvalue weighted by molar-refractivity contribution is 5.28. The summed E-state index contributed by atoms with van der Waals surface area (Å²) in [7, 11) is 0. The minimum absolute atomic E-state index is 0.354. The van der Waals surface area contributed by atoms with Crippen molar-refractivity contribution in [2.45, 2.75) is 26.7 Å². The van der Waals surface area contributed by atoms with Crippen molar-refractivity contribution in [3.63, 3.8) is 0 Å². The van der Waals surface area contributed by atoms with Gasteiger partial charge in [-0.3, -0.25) is 5.43 Å². The minimum Gasteiger partial charge on any atom is -0.475 e. The summed E-state index contributed by atoms with van der Waals surface area (Å²) in [4.78, 5) is 8.12. The van der Waals surface area contributed by atoms with Gasteiger partial charge in [-0.05, 0) is 13.3 Å². The SMILES string of the molecule is CCCCOCCOc1cc(C)nc(NN)n1. The smallest absolute Gasteiger partial charge is 0.240 e. The number of aryl methyl sites for hydroxylation is 1. The van der Waals surface area contributed by atoms with Gasteiger partial charge in [0, 0.05) is 18.4 Å². The Labute approximate surface area is 102 Å². The van der Waals surface area contributed by atoms with Gasteiger partial charge in [-0.15, -0.1) is 0 Å². The zero-order chi connectivity index (χ0) is 12.5. The van der Waals surface area contributed by atoms with E-state index < -0.39 is 0 Å². The molecule has 0 radical (unpaired) electrons. The molecule has 6 nitrogen and oxygen atoms in total. The van der Waals surface area contributed by atoms with Gasteiger partial charge in [0.25, 0.3) is 0 Å². The Morgan fingerprint density at radius 3 is 2.82 bits per heavy atom. The molecule has 0 aliphatic heterocycles. The molecule has 0 unspecified atom stereocenters. The molecule has 96 valence electrons. The van der Waals surface area contributed by atoms with Crippen LogP contribution in [0.25, 0.3) is 0 Å². The number of hydrogen-bond acceptors (Lipinski definition) is 6. The highest BCUT2D eigenvalue weighted by atomic mass is 16.5. The molecular formula is C11H20N4O2. The molecule has 0 bridgehead atoms. The maximum absolute atomic E-state index is 5.44. The number of ether oxygens (including phenoxy) is 2. The summed E-state index contributed by atoms with van der Waals surface area (Å²) < 4.78 is 10.8. The van der Waals surface area contributed by atoms with Gasteiger partial charge in [-0.25, -0.2) is 10.8 Å². The summed E-state index contributed by atoms with van der Waals surface area (Å²) >= 11 is 0. The van der Waals surface area contributed by atoms with Crippen LogP contribution in [0.2, 0.25) is 0 Å². The van der Waals surface area contributed by atoms with Crippen molar-refractivity contribution < 1.29 is 9.47 Å². The van der Waals surface area contributed by atoms with Crippen molar-refractivity contribution in [1.82, 2.24) is 9.97 Å². The maximum atomic E-state index is 5.44. The molecule has 1 heterocycles. The highest BCUT2D eigenvalue weighted by Gasteiger charge is 2.01. The van der Waals surface area contributed by atoms with Gasteiger partial charge in [0.1, 0.15) is 6.61 Å². The Bertz CT molecular complexity index is 333. The van der Waals surface area contributed by atoms with Gasteiger partial charge in [-0.1, -0.05) is 13.3 Å². The van der Waals surface area contributed by atoms with E-state index in [0.717, 1.165) is 25.1 Å². The van der Waals surface area contributed by atoms with E-state index in [2.05, 4.69) is 22.3 Å². The second-order valence-corrected chi connectivity index (χ2v) is 3.63. The Morgan fingerprint density at radius 1 is 1.29 bits per heavy atom. The first kappa shape index (κ1) is 13.7. The molecule has 0 fully saturated rings. The number of hydrogen-bond donors (Lipinski definition) is 2. The quantitative estimate of drug-likeness (QED) is 0.404. The molecule has 0 atom stereocenters. The lowest BCUT2D eigenvalue weighted by Gasteiger charge is -2.08. The van der Waals surface area contributed by atoms with Gasteiger partial charge < -0.3 is 9.47 Å². The van der Waals surface area contributed by atoms with Crippen LogP contribution in [0.5, 0.6) is 5.88 Å². The number of anilines is 1. The summed E-state index contributed by atoms with van der Waals surface area (Å²) in [6.45, 7) is 5.80. The molecule has 0 aliphatic carbocycles. The number of rotatable bonds is 8. The average molecular weight is 240 g/mol. The molecule has 0 saturated heterocycles. The molecule has 6 heteroatoms. The van der Waals surface area contributed by atoms with Crippen LogP contribution in [0.3, 0.4) is 0 Å². The highest BCUT2D eigenvalue weighted by Crippen LogP contribution is 2.10. The lowest BCUT2D eigenvalue weighted by Crippen LogP contribution is -2.13. The van der Waals surface area contributed by atoms with Crippen LogP contribution in [0.4, 0.5) is 5.95 Å². The Morgan fingerprint density at radius 2 is 2.12 bits per heavy atom. The third-order valence-electron chi connectivity index (χ3n) is 2.08. The van der Waals surface area contributed by atoms with Crippen LogP contribution >= 0.6 is 0 Å². The van der Waals surface area contributed by atoms with E-state index in [0.29, 0.717) is 25.0 Å². The lowest BCUT2D eigenvalue weighted by atomic mass is 10.4. The average Bonchev–Trinajstić information content (AvgIpc) is 2.33. The molecule has 1 aromatic heterocycles. The molecule has 0 saturated carbocycles.